The van der Waals surface area contributed by atoms with Crippen LogP contribution in [0, 0.1) is 11.3 Å². The molecule has 0 fully saturated rings. The van der Waals surface area contributed by atoms with E-state index in [2.05, 4.69) is 6.07 Å². The minimum Gasteiger partial charge on any atom is -0.298 e. The zero-order chi connectivity index (χ0) is 27.7. The molecule has 2 N–H and O–H groups in total. The van der Waals surface area contributed by atoms with E-state index in [1.807, 2.05) is 30.3 Å². The summed E-state index contributed by atoms with van der Waals surface area (Å²) in [5.74, 6) is -0.517. The van der Waals surface area contributed by atoms with Gasteiger partial charge in [0.2, 0.25) is 10.0 Å². The zero-order valence-electron chi connectivity index (χ0n) is 20.5. The average molecular weight is 577 g/mol. The first-order valence-electron chi connectivity index (χ1n) is 12.1. The van der Waals surface area contributed by atoms with Crippen LogP contribution in [0.5, 0.6) is 0 Å². The summed E-state index contributed by atoms with van der Waals surface area (Å²) in [6.07, 6.45) is 3.14. The molecule has 0 radical (unpaired) electrons. The molecule has 1 heterocycles. The second kappa shape index (κ2) is 10.8. The minimum absolute atomic E-state index is 0.0539. The van der Waals surface area contributed by atoms with Gasteiger partial charge in [0.1, 0.15) is 0 Å². The second-order valence-electron chi connectivity index (χ2n) is 9.13. The Morgan fingerprint density at radius 3 is 2.38 bits per heavy atom. The van der Waals surface area contributed by atoms with Crippen LogP contribution < -0.4 is 10.0 Å². The summed E-state index contributed by atoms with van der Waals surface area (Å²) in [5.41, 5.74) is 3.32. The smallest absolute Gasteiger partial charge is 0.238 e. The van der Waals surface area contributed by atoms with Gasteiger partial charge in [0, 0.05) is 39.6 Å². The number of primary sulfonamides is 1. The molecule has 3 aromatic carbocycles. The van der Waals surface area contributed by atoms with Gasteiger partial charge in [-0.15, -0.1) is 0 Å². The van der Waals surface area contributed by atoms with Crippen molar-refractivity contribution in [2.24, 2.45) is 10.1 Å². The van der Waals surface area contributed by atoms with Crippen LogP contribution in [0.3, 0.4) is 0 Å². The molecule has 0 aromatic heterocycles. The molecule has 3 aromatic rings. The van der Waals surface area contributed by atoms with E-state index >= 15 is 0 Å². The number of rotatable bonds is 5. The molecule has 1 unspecified atom stereocenters. The highest BCUT2D eigenvalue weighted by molar-refractivity contribution is 7.89. The Kier molecular flexibility index (Phi) is 7.43. The molecular formula is C29H22Cl2N4O3S. The predicted molar refractivity (Wildman–Crippen MR) is 152 cm³/mol. The minimum atomic E-state index is -3.91. The Bertz CT molecular complexity index is 1710. The largest absolute Gasteiger partial charge is 0.298 e. The normalized spacial score (nSPS) is 17.9. The number of sulfonamides is 1. The number of allylic oxidation sites excluding steroid dienone is 3. The molecule has 1 atom stereocenters. The van der Waals surface area contributed by atoms with Crippen molar-refractivity contribution in [3.05, 3.63) is 117 Å². The SMILES string of the molecule is N#CC1=C(/N=C/c2ccccc2)N(c2ccc(S(N)(=O)=O)cc2)C2=C(C(=O)CCC2)C1c1ccc(Cl)cc1Cl. The number of halogens is 2. The van der Waals surface area contributed by atoms with Gasteiger partial charge in [-0.05, 0) is 60.4 Å². The summed E-state index contributed by atoms with van der Waals surface area (Å²) in [6.45, 7) is 0. The molecule has 2 aliphatic rings. The van der Waals surface area contributed by atoms with Crippen LogP contribution in [0.4, 0.5) is 5.69 Å². The van der Waals surface area contributed by atoms with Crippen LogP contribution >= 0.6 is 23.2 Å². The number of nitrogens with two attached hydrogens (primary N) is 1. The number of nitrogens with zero attached hydrogens (tertiary/aromatic N) is 3. The number of carbonyl (C=O) groups is 1. The van der Waals surface area contributed by atoms with Crippen molar-refractivity contribution in [3.63, 3.8) is 0 Å². The van der Waals surface area contributed by atoms with Crippen molar-refractivity contribution in [2.75, 3.05) is 4.90 Å². The molecule has 39 heavy (non-hydrogen) atoms. The standard InChI is InChI=1S/C29H22Cl2N4O3S/c30-19-9-14-22(24(31)15-19)27-23(16-32)29(34-17-18-5-2-1-3-6-18)35(25-7-4-8-26(36)28(25)27)20-10-12-21(13-11-20)39(33,37)38/h1-3,5-6,9-15,17,27H,4,7-8H2,(H2,33,37,38)/b34-17+. The Hall–Kier alpha value is -3.74. The molecule has 7 nitrogen and oxygen atoms in total. The quantitative estimate of drug-likeness (QED) is 0.368. The molecule has 1 aliphatic carbocycles. The maximum Gasteiger partial charge on any atom is 0.238 e. The van der Waals surface area contributed by atoms with E-state index in [0.717, 1.165) is 5.56 Å². The third-order valence-electron chi connectivity index (χ3n) is 6.68. The number of nitriles is 1. The van der Waals surface area contributed by atoms with Crippen LogP contribution in [0.1, 0.15) is 36.3 Å². The Labute approximate surface area is 236 Å². The van der Waals surface area contributed by atoms with E-state index < -0.39 is 15.9 Å². The van der Waals surface area contributed by atoms with Gasteiger partial charge in [-0.3, -0.25) is 9.69 Å². The van der Waals surface area contributed by atoms with Crippen molar-refractivity contribution in [1.82, 2.24) is 0 Å². The van der Waals surface area contributed by atoms with E-state index in [-0.39, 0.29) is 16.3 Å². The summed E-state index contributed by atoms with van der Waals surface area (Å²) < 4.78 is 23.8. The van der Waals surface area contributed by atoms with Crippen LogP contribution in [0.25, 0.3) is 0 Å². The first-order chi connectivity index (χ1) is 18.7. The molecule has 0 saturated carbocycles. The fraction of sp³-hybridized carbons (Fsp3) is 0.138. The number of Topliss-reactive ketones (excluding diaryl/α,β-unsaturated/α-hetero) is 1. The monoisotopic (exact) mass is 576 g/mol. The Morgan fingerprint density at radius 2 is 1.74 bits per heavy atom. The van der Waals surface area contributed by atoms with Crippen molar-refractivity contribution in [2.45, 2.75) is 30.1 Å². The van der Waals surface area contributed by atoms with Gasteiger partial charge in [-0.25, -0.2) is 18.5 Å². The van der Waals surface area contributed by atoms with Gasteiger partial charge in [-0.2, -0.15) is 5.26 Å². The summed E-state index contributed by atoms with van der Waals surface area (Å²) in [6, 6.07) is 22.7. The van der Waals surface area contributed by atoms with E-state index in [9.17, 15) is 18.5 Å². The maximum atomic E-state index is 13.5. The van der Waals surface area contributed by atoms with Crippen LogP contribution in [-0.2, 0) is 14.8 Å². The summed E-state index contributed by atoms with van der Waals surface area (Å²) in [7, 11) is -3.91. The van der Waals surface area contributed by atoms with Gasteiger partial charge in [0.25, 0.3) is 0 Å². The van der Waals surface area contributed by atoms with E-state index in [1.165, 1.54) is 12.1 Å². The van der Waals surface area contributed by atoms with Gasteiger partial charge in [-0.1, -0.05) is 59.6 Å². The summed E-state index contributed by atoms with van der Waals surface area (Å²) >= 11 is 12.8. The van der Waals surface area contributed by atoms with Crippen molar-refractivity contribution in [1.29, 1.82) is 5.26 Å². The highest BCUT2D eigenvalue weighted by Gasteiger charge is 2.41. The number of aliphatic imine (C=N–C) groups is 1. The third-order valence-corrected chi connectivity index (χ3v) is 8.17. The molecule has 196 valence electrons. The number of anilines is 1. The van der Waals surface area contributed by atoms with Gasteiger partial charge in [0.15, 0.2) is 11.6 Å². The first-order valence-corrected chi connectivity index (χ1v) is 14.4. The molecule has 0 spiro atoms. The molecule has 0 amide bonds. The second-order valence-corrected chi connectivity index (χ2v) is 11.5. The number of hydrogen-bond acceptors (Lipinski definition) is 6. The zero-order valence-corrected chi connectivity index (χ0v) is 22.8. The first kappa shape index (κ1) is 26.9. The van der Waals surface area contributed by atoms with Crippen LogP contribution in [0.2, 0.25) is 10.0 Å². The topological polar surface area (TPSA) is 117 Å². The lowest BCUT2D eigenvalue weighted by atomic mass is 9.75. The van der Waals surface area contributed by atoms with Gasteiger partial charge >= 0.3 is 0 Å². The fourth-order valence-electron chi connectivity index (χ4n) is 4.95. The third kappa shape index (κ3) is 5.27. The lowest BCUT2D eigenvalue weighted by Crippen LogP contribution is -2.35. The van der Waals surface area contributed by atoms with Crippen LogP contribution in [0.15, 0.2) is 105 Å². The van der Waals surface area contributed by atoms with Gasteiger partial charge in [0.05, 0.1) is 22.5 Å². The number of benzene rings is 3. The molecule has 10 heteroatoms. The highest BCUT2D eigenvalue weighted by Crippen LogP contribution is 2.49. The molecule has 1 aliphatic heterocycles. The van der Waals surface area contributed by atoms with E-state index in [0.29, 0.717) is 57.6 Å². The number of carbonyl (C=O) groups excluding carboxylic acids is 1. The maximum absolute atomic E-state index is 13.5. The van der Waals surface area contributed by atoms with E-state index in [4.69, 9.17) is 33.3 Å². The fourth-order valence-corrected chi connectivity index (χ4v) is 5.99. The molecular weight excluding hydrogens is 555 g/mol. The lowest BCUT2D eigenvalue weighted by molar-refractivity contribution is -0.116. The van der Waals surface area contributed by atoms with Crippen molar-refractivity contribution < 1.29 is 13.2 Å². The Morgan fingerprint density at radius 1 is 1.03 bits per heavy atom. The molecule has 0 bridgehead atoms. The van der Waals surface area contributed by atoms with Crippen molar-refractivity contribution >= 4 is 50.9 Å². The van der Waals surface area contributed by atoms with Crippen LogP contribution in [-0.4, -0.2) is 20.4 Å². The van der Waals surface area contributed by atoms with Gasteiger partial charge < -0.3 is 0 Å². The average Bonchev–Trinajstić information content (AvgIpc) is 2.91. The summed E-state index contributed by atoms with van der Waals surface area (Å²) in [5, 5.41) is 16.6. The molecule has 5 rings (SSSR count). The molecule has 0 saturated heterocycles. The number of ketones is 1. The van der Waals surface area contributed by atoms with E-state index in [1.54, 1.807) is 41.4 Å². The lowest BCUT2D eigenvalue weighted by Gasteiger charge is -2.39. The number of hydrogen-bond donors (Lipinski definition) is 1. The summed E-state index contributed by atoms with van der Waals surface area (Å²) in [4.78, 5) is 20.0. The Balaban J connectivity index is 1.79. The highest BCUT2D eigenvalue weighted by atomic mass is 35.5. The van der Waals surface area contributed by atoms with Crippen molar-refractivity contribution in [3.8, 4) is 6.07 Å². The predicted octanol–water partition coefficient (Wildman–Crippen LogP) is 6.11.